The second-order valence-corrected chi connectivity index (χ2v) is 11.1. The summed E-state index contributed by atoms with van der Waals surface area (Å²) in [7, 11) is 2.01. The number of hydrogen-bond donors (Lipinski definition) is 2. The van der Waals surface area contributed by atoms with Gasteiger partial charge in [-0.15, -0.1) is 11.8 Å². The van der Waals surface area contributed by atoms with Crippen LogP contribution < -0.4 is 10.2 Å². The molecule has 2 aromatic heterocycles. The van der Waals surface area contributed by atoms with Gasteiger partial charge in [0.05, 0.1) is 17.3 Å². The molecule has 0 bridgehead atoms. The van der Waals surface area contributed by atoms with Crippen LogP contribution in [0.2, 0.25) is 0 Å². The number of nitrogens with zero attached hydrogens (tertiary/aromatic N) is 6. The highest BCUT2D eigenvalue weighted by Crippen LogP contribution is 2.32. The summed E-state index contributed by atoms with van der Waals surface area (Å²) >= 11 is 1.36. The Kier molecular flexibility index (Phi) is 7.78. The molecule has 0 aliphatic carbocycles. The number of anilines is 2. The van der Waals surface area contributed by atoms with Crippen LogP contribution >= 0.6 is 11.8 Å². The van der Waals surface area contributed by atoms with Crippen molar-refractivity contribution in [2.24, 2.45) is 4.99 Å². The number of nitrogens with one attached hydrogen (secondary N) is 1. The predicted molar refractivity (Wildman–Crippen MR) is 163 cm³/mol. The van der Waals surface area contributed by atoms with Crippen molar-refractivity contribution in [2.45, 2.75) is 6.04 Å². The Morgan fingerprint density at radius 2 is 1.95 bits per heavy atom. The number of para-hydroxylation sites is 1. The number of piperazine rings is 1. The third-order valence-electron chi connectivity index (χ3n) is 7.14. The number of halogens is 1. The number of amides is 1. The molecular weight excluding hydrogens is 577 g/mol. The summed E-state index contributed by atoms with van der Waals surface area (Å²) in [5.74, 6) is -0.333. The molecule has 1 atom stereocenters. The average molecular weight is 604 g/mol. The fourth-order valence-corrected chi connectivity index (χ4v) is 5.88. The van der Waals surface area contributed by atoms with E-state index in [4.69, 9.17) is 4.42 Å². The number of furan rings is 1. The lowest BCUT2D eigenvalue weighted by Gasteiger charge is -2.34. The number of likely N-dealkylation sites (N-methyl/N-ethyl adjacent to an activating group) is 1. The first-order chi connectivity index (χ1) is 20.7. The molecular formula is C29H26FN7O5S. The minimum absolute atomic E-state index is 0.0772. The van der Waals surface area contributed by atoms with E-state index in [1.165, 1.54) is 42.1 Å². The van der Waals surface area contributed by atoms with Crippen LogP contribution in [0.3, 0.4) is 0 Å². The van der Waals surface area contributed by atoms with Crippen molar-refractivity contribution in [3.8, 4) is 5.75 Å². The highest BCUT2D eigenvalue weighted by molar-refractivity contribution is 8.14. The standard InChI is InChI=1S/C29H26FN7O5S/c1-35-10-12-36(13-11-35)23-14-19-21(15-20(23)30)31-25(8-6-17-7-9-26(42-17)37(40)41)33-27(19)34-28(39)22-16-43-29(32-22)18-4-2-3-5-24(18)38/h2-9,14-15,22,38H,10-13,16H2,1H3,(H,31,33,34,39)/b8-6+. The number of carbonyl (C=O) groups is 1. The number of thioether (sulfide) groups is 1. The first kappa shape index (κ1) is 28.3. The van der Waals surface area contributed by atoms with E-state index in [9.17, 15) is 20.0 Å². The van der Waals surface area contributed by atoms with Crippen molar-refractivity contribution in [3.05, 3.63) is 81.6 Å². The monoisotopic (exact) mass is 603 g/mol. The molecule has 4 aromatic rings. The van der Waals surface area contributed by atoms with Crippen molar-refractivity contribution in [3.63, 3.8) is 0 Å². The molecule has 1 fully saturated rings. The van der Waals surface area contributed by atoms with Crippen LogP contribution in [0, 0.1) is 15.9 Å². The van der Waals surface area contributed by atoms with Gasteiger partial charge in [0.1, 0.15) is 39.2 Å². The molecule has 0 radical (unpaired) electrons. The number of hydrogen-bond acceptors (Lipinski definition) is 11. The summed E-state index contributed by atoms with van der Waals surface area (Å²) in [6.45, 7) is 2.84. The van der Waals surface area contributed by atoms with Crippen LogP contribution in [0.25, 0.3) is 23.1 Å². The van der Waals surface area contributed by atoms with Gasteiger partial charge in [0.15, 0.2) is 5.82 Å². The zero-order chi connectivity index (χ0) is 30.1. The first-order valence-corrected chi connectivity index (χ1v) is 14.4. The number of phenols is 1. The maximum absolute atomic E-state index is 15.4. The summed E-state index contributed by atoms with van der Waals surface area (Å²) in [5, 5.41) is 25.0. The number of aromatic nitrogens is 2. The van der Waals surface area contributed by atoms with Crippen LogP contribution in [0.5, 0.6) is 5.75 Å². The maximum Gasteiger partial charge on any atom is 0.433 e. The molecule has 2 aliphatic rings. The molecule has 1 unspecified atom stereocenters. The third-order valence-corrected chi connectivity index (χ3v) is 8.23. The van der Waals surface area contributed by atoms with Crippen LogP contribution in [0.4, 0.5) is 21.8 Å². The van der Waals surface area contributed by atoms with Gasteiger partial charge in [-0.2, -0.15) is 0 Å². The molecule has 14 heteroatoms. The third kappa shape index (κ3) is 6.05. The Morgan fingerprint density at radius 3 is 2.70 bits per heavy atom. The zero-order valence-electron chi connectivity index (χ0n) is 22.9. The molecule has 6 rings (SSSR count). The summed E-state index contributed by atoms with van der Waals surface area (Å²) in [5.41, 5.74) is 1.21. The van der Waals surface area contributed by atoms with Crippen LogP contribution in [-0.2, 0) is 4.79 Å². The molecule has 2 aliphatic heterocycles. The Bertz CT molecular complexity index is 1780. The smallest absolute Gasteiger partial charge is 0.433 e. The Labute approximate surface area is 249 Å². The van der Waals surface area contributed by atoms with E-state index in [0.29, 0.717) is 40.5 Å². The average Bonchev–Trinajstić information content (AvgIpc) is 3.67. The predicted octanol–water partition coefficient (Wildman–Crippen LogP) is 4.40. The van der Waals surface area contributed by atoms with Crippen LogP contribution in [-0.4, -0.2) is 80.9 Å². The van der Waals surface area contributed by atoms with Gasteiger partial charge in [-0.3, -0.25) is 19.9 Å². The van der Waals surface area contributed by atoms with Crippen LogP contribution in [0.1, 0.15) is 17.1 Å². The highest BCUT2D eigenvalue weighted by atomic mass is 32.2. The number of benzene rings is 2. The fourth-order valence-electron chi connectivity index (χ4n) is 4.81. The second kappa shape index (κ2) is 11.8. The lowest BCUT2D eigenvalue weighted by atomic mass is 10.1. The fraction of sp³-hybridized carbons (Fsp3) is 0.241. The molecule has 0 spiro atoms. The van der Waals surface area contributed by atoms with E-state index < -0.39 is 28.6 Å². The van der Waals surface area contributed by atoms with Gasteiger partial charge >= 0.3 is 5.88 Å². The number of nitro groups is 1. The van der Waals surface area contributed by atoms with Crippen molar-refractivity contribution >= 4 is 63.2 Å². The SMILES string of the molecule is CN1CCN(c2cc3c(NC(=O)C4CSC(c5ccccc5O)=N4)nc(/C=C/c4ccc([N+](=O)[O-])o4)nc3cc2F)CC1. The largest absolute Gasteiger partial charge is 0.507 e. The Morgan fingerprint density at radius 1 is 1.16 bits per heavy atom. The minimum atomic E-state index is -0.746. The molecule has 2 aromatic carbocycles. The topological polar surface area (TPSA) is 150 Å². The number of rotatable bonds is 7. The molecule has 0 saturated carbocycles. The maximum atomic E-state index is 15.4. The quantitative estimate of drug-likeness (QED) is 0.230. The Balaban J connectivity index is 1.35. The van der Waals surface area contributed by atoms with E-state index in [0.717, 1.165) is 13.1 Å². The van der Waals surface area contributed by atoms with E-state index in [1.54, 1.807) is 30.3 Å². The summed E-state index contributed by atoms with van der Waals surface area (Å²) < 4.78 is 20.6. The van der Waals surface area contributed by atoms with Gasteiger partial charge in [-0.25, -0.2) is 14.4 Å². The second-order valence-electron chi connectivity index (χ2n) is 10.1. The minimum Gasteiger partial charge on any atom is -0.507 e. The number of aliphatic imine (C=N–C) groups is 1. The van der Waals surface area contributed by atoms with Gasteiger partial charge < -0.3 is 24.6 Å². The summed E-state index contributed by atoms with van der Waals surface area (Å²) in [6.07, 6.45) is 2.91. The summed E-state index contributed by atoms with van der Waals surface area (Å²) in [4.78, 5) is 41.4. The molecule has 4 heterocycles. The van der Waals surface area contributed by atoms with Crippen molar-refractivity contribution in [1.82, 2.24) is 14.9 Å². The zero-order valence-corrected chi connectivity index (χ0v) is 23.8. The van der Waals surface area contributed by atoms with E-state index in [2.05, 4.69) is 25.2 Å². The van der Waals surface area contributed by atoms with Gasteiger partial charge in [-0.05, 0) is 43.5 Å². The number of fused-ring (bicyclic) bond motifs is 1. The molecule has 1 saturated heterocycles. The van der Waals surface area contributed by atoms with Crippen molar-refractivity contribution in [1.29, 1.82) is 0 Å². The Hall–Kier alpha value is -4.82. The number of aromatic hydroxyl groups is 1. The van der Waals surface area contributed by atoms with Crippen LogP contribution in [0.15, 0.2) is 57.9 Å². The molecule has 12 nitrogen and oxygen atoms in total. The lowest BCUT2D eigenvalue weighted by Crippen LogP contribution is -2.44. The molecule has 220 valence electrons. The highest BCUT2D eigenvalue weighted by Gasteiger charge is 2.28. The van der Waals surface area contributed by atoms with E-state index in [1.807, 2.05) is 11.9 Å². The molecule has 2 N–H and O–H groups in total. The lowest BCUT2D eigenvalue weighted by molar-refractivity contribution is -0.402. The molecule has 43 heavy (non-hydrogen) atoms. The van der Waals surface area contributed by atoms with Gasteiger partial charge in [0, 0.05) is 48.9 Å². The molecule has 1 amide bonds. The number of carbonyl (C=O) groups excluding carboxylic acids is 1. The van der Waals surface area contributed by atoms with E-state index >= 15 is 4.39 Å². The van der Waals surface area contributed by atoms with Gasteiger partial charge in [0.25, 0.3) is 5.91 Å². The number of phenolic OH excluding ortho intramolecular Hbond substituents is 1. The van der Waals surface area contributed by atoms with Crippen molar-refractivity contribution < 1.29 is 23.6 Å². The normalized spacial score (nSPS) is 17.5. The van der Waals surface area contributed by atoms with Crippen molar-refractivity contribution in [2.75, 3.05) is 49.2 Å². The first-order valence-electron chi connectivity index (χ1n) is 13.4. The van der Waals surface area contributed by atoms with Gasteiger partial charge in [0.2, 0.25) is 0 Å². The van der Waals surface area contributed by atoms with E-state index in [-0.39, 0.29) is 28.7 Å². The summed E-state index contributed by atoms with van der Waals surface area (Å²) in [6, 6.07) is 11.7. The van der Waals surface area contributed by atoms with Gasteiger partial charge in [-0.1, -0.05) is 12.1 Å².